The van der Waals surface area contributed by atoms with Crippen LogP contribution in [0, 0.1) is 5.82 Å². The number of ether oxygens (including phenoxy) is 1. The fourth-order valence-corrected chi connectivity index (χ4v) is 2.70. The molecule has 4 aromatic rings. The number of hydrogen-bond acceptors (Lipinski definition) is 3. The normalized spacial score (nSPS) is 10.6. The molecule has 0 saturated heterocycles. The first-order valence-electron chi connectivity index (χ1n) is 8.38. The molecule has 27 heavy (non-hydrogen) atoms. The highest BCUT2D eigenvalue weighted by Gasteiger charge is 2.11. The molecule has 0 spiro atoms. The van der Waals surface area contributed by atoms with E-state index in [-0.39, 0.29) is 5.69 Å². The molecule has 3 aromatic carbocycles. The number of anilines is 1. The highest BCUT2D eigenvalue weighted by Crippen LogP contribution is 2.26. The summed E-state index contributed by atoms with van der Waals surface area (Å²) in [5.41, 5.74) is 1.31. The minimum Gasteiger partial charge on any atom is -0.457 e. The van der Waals surface area contributed by atoms with Crippen molar-refractivity contribution in [3.05, 3.63) is 96.4 Å². The molecule has 1 N–H and O–H groups in total. The zero-order valence-corrected chi connectivity index (χ0v) is 14.2. The fourth-order valence-electron chi connectivity index (χ4n) is 2.70. The van der Waals surface area contributed by atoms with E-state index < -0.39 is 11.7 Å². The van der Waals surface area contributed by atoms with Gasteiger partial charge in [-0.2, -0.15) is 0 Å². The van der Waals surface area contributed by atoms with E-state index in [4.69, 9.17) is 4.74 Å². The van der Waals surface area contributed by atoms with Gasteiger partial charge in [0.1, 0.15) is 17.3 Å². The van der Waals surface area contributed by atoms with Crippen molar-refractivity contribution in [3.63, 3.8) is 0 Å². The Hall–Kier alpha value is -3.73. The van der Waals surface area contributed by atoms with E-state index in [2.05, 4.69) is 10.3 Å². The van der Waals surface area contributed by atoms with Gasteiger partial charge in [0, 0.05) is 23.2 Å². The van der Waals surface area contributed by atoms with Crippen LogP contribution in [0.4, 0.5) is 10.1 Å². The van der Waals surface area contributed by atoms with Gasteiger partial charge in [-0.25, -0.2) is 4.39 Å². The minimum absolute atomic E-state index is 0.0895. The lowest BCUT2D eigenvalue weighted by molar-refractivity contribution is 0.102. The highest BCUT2D eigenvalue weighted by atomic mass is 19.1. The number of nitrogens with zero attached hydrogens (tertiary/aromatic N) is 1. The molecule has 1 heterocycles. The first-order valence-corrected chi connectivity index (χ1v) is 8.38. The van der Waals surface area contributed by atoms with Gasteiger partial charge < -0.3 is 10.1 Å². The minimum atomic E-state index is -0.570. The molecule has 132 valence electrons. The molecule has 0 saturated carbocycles. The summed E-state index contributed by atoms with van der Waals surface area (Å²) in [7, 11) is 0. The van der Waals surface area contributed by atoms with Crippen LogP contribution in [0.3, 0.4) is 0 Å². The van der Waals surface area contributed by atoms with Gasteiger partial charge in [0.25, 0.3) is 5.91 Å². The number of pyridine rings is 1. The number of rotatable bonds is 4. The van der Waals surface area contributed by atoms with Crippen LogP contribution >= 0.6 is 0 Å². The van der Waals surface area contributed by atoms with Crippen LogP contribution in [0.15, 0.2) is 85.1 Å². The van der Waals surface area contributed by atoms with Crippen molar-refractivity contribution >= 4 is 22.5 Å². The Morgan fingerprint density at radius 1 is 0.889 bits per heavy atom. The van der Waals surface area contributed by atoms with Crippen LogP contribution in [0.2, 0.25) is 0 Å². The first-order chi connectivity index (χ1) is 13.2. The number of carbonyl (C=O) groups excluding carboxylic acids is 1. The molecule has 0 atom stereocenters. The van der Waals surface area contributed by atoms with Gasteiger partial charge in [-0.15, -0.1) is 0 Å². The number of aromatic nitrogens is 1. The van der Waals surface area contributed by atoms with Gasteiger partial charge in [-0.1, -0.05) is 24.3 Å². The number of carbonyl (C=O) groups is 1. The summed E-state index contributed by atoms with van der Waals surface area (Å²) in [6, 6.07) is 22.2. The summed E-state index contributed by atoms with van der Waals surface area (Å²) in [6.45, 7) is 0. The number of nitrogens with one attached hydrogen (secondary N) is 1. The molecule has 0 radical (unpaired) electrons. The molecular formula is C22H15FN2O2. The molecule has 1 amide bonds. The van der Waals surface area contributed by atoms with E-state index in [9.17, 15) is 9.18 Å². The summed E-state index contributed by atoms with van der Waals surface area (Å²) in [5, 5.41) is 3.44. The lowest BCUT2D eigenvalue weighted by Gasteiger charge is -2.10. The van der Waals surface area contributed by atoms with Crippen molar-refractivity contribution < 1.29 is 13.9 Å². The Bertz CT molecular complexity index is 1110. The average molecular weight is 358 g/mol. The number of halogens is 1. The van der Waals surface area contributed by atoms with E-state index in [1.165, 1.54) is 12.1 Å². The van der Waals surface area contributed by atoms with Crippen LogP contribution in [0.1, 0.15) is 10.4 Å². The Balaban J connectivity index is 1.52. The van der Waals surface area contributed by atoms with E-state index in [0.29, 0.717) is 17.1 Å². The zero-order valence-electron chi connectivity index (χ0n) is 14.2. The summed E-state index contributed by atoms with van der Waals surface area (Å²) >= 11 is 0. The maximum Gasteiger partial charge on any atom is 0.255 e. The lowest BCUT2D eigenvalue weighted by Crippen LogP contribution is -2.13. The smallest absolute Gasteiger partial charge is 0.255 e. The van der Waals surface area contributed by atoms with Gasteiger partial charge >= 0.3 is 0 Å². The second-order valence-corrected chi connectivity index (χ2v) is 5.92. The monoisotopic (exact) mass is 358 g/mol. The molecule has 4 rings (SSSR count). The SMILES string of the molecule is O=C(Nc1ccc(Oc2ccccc2)cc1F)c1ccc2ncccc2c1. The first kappa shape index (κ1) is 16.7. The number of amides is 1. The quantitative estimate of drug-likeness (QED) is 0.530. The topological polar surface area (TPSA) is 51.2 Å². The number of hydrogen-bond donors (Lipinski definition) is 1. The van der Waals surface area contributed by atoms with Crippen LogP contribution in [-0.2, 0) is 0 Å². The molecule has 4 nitrogen and oxygen atoms in total. The van der Waals surface area contributed by atoms with Crippen molar-refractivity contribution in [1.29, 1.82) is 0 Å². The molecule has 0 aliphatic carbocycles. The van der Waals surface area contributed by atoms with Crippen molar-refractivity contribution in [2.75, 3.05) is 5.32 Å². The van der Waals surface area contributed by atoms with Gasteiger partial charge in [0.2, 0.25) is 0 Å². The lowest BCUT2D eigenvalue weighted by atomic mass is 10.1. The predicted octanol–water partition coefficient (Wildman–Crippen LogP) is 5.42. The van der Waals surface area contributed by atoms with E-state index in [1.54, 1.807) is 48.7 Å². The van der Waals surface area contributed by atoms with Crippen molar-refractivity contribution in [2.24, 2.45) is 0 Å². The molecule has 0 aliphatic rings. The van der Waals surface area contributed by atoms with Crippen LogP contribution in [0.25, 0.3) is 10.9 Å². The average Bonchev–Trinajstić information content (AvgIpc) is 2.70. The standard InChI is InChI=1S/C22H15FN2O2/c23-19-14-18(27-17-6-2-1-3-7-17)9-11-21(19)25-22(26)16-8-10-20-15(13-16)5-4-12-24-20/h1-14H,(H,25,26). The van der Waals surface area contributed by atoms with E-state index in [0.717, 1.165) is 10.9 Å². The predicted molar refractivity (Wildman–Crippen MR) is 103 cm³/mol. The highest BCUT2D eigenvalue weighted by molar-refractivity contribution is 6.06. The van der Waals surface area contributed by atoms with Crippen molar-refractivity contribution in [2.45, 2.75) is 0 Å². The maximum atomic E-state index is 14.4. The molecule has 0 aliphatic heterocycles. The molecule has 5 heteroatoms. The second kappa shape index (κ2) is 7.25. The van der Waals surface area contributed by atoms with Gasteiger partial charge in [-0.3, -0.25) is 9.78 Å². The largest absolute Gasteiger partial charge is 0.457 e. The van der Waals surface area contributed by atoms with Crippen LogP contribution in [-0.4, -0.2) is 10.9 Å². The van der Waals surface area contributed by atoms with Gasteiger partial charge in [0.15, 0.2) is 0 Å². The summed E-state index contributed by atoms with van der Waals surface area (Å²) in [5.74, 6) is 0.00237. The van der Waals surface area contributed by atoms with Gasteiger partial charge in [-0.05, 0) is 48.5 Å². The Kier molecular flexibility index (Phi) is 4.49. The number of benzene rings is 3. The third-order valence-electron chi connectivity index (χ3n) is 4.03. The maximum absolute atomic E-state index is 14.4. The summed E-state index contributed by atoms with van der Waals surface area (Å²) < 4.78 is 20.0. The zero-order chi connectivity index (χ0) is 18.6. The van der Waals surface area contributed by atoms with Crippen LogP contribution < -0.4 is 10.1 Å². The molecule has 0 fully saturated rings. The Morgan fingerprint density at radius 2 is 1.74 bits per heavy atom. The molecule has 0 unspecified atom stereocenters. The fraction of sp³-hybridized carbons (Fsp3) is 0. The Labute approximate surface area is 155 Å². The number of para-hydroxylation sites is 1. The third kappa shape index (κ3) is 3.77. The molecule has 0 bridgehead atoms. The Morgan fingerprint density at radius 3 is 2.56 bits per heavy atom. The van der Waals surface area contributed by atoms with Crippen molar-refractivity contribution in [1.82, 2.24) is 4.98 Å². The van der Waals surface area contributed by atoms with Crippen molar-refractivity contribution in [3.8, 4) is 11.5 Å². The second-order valence-electron chi connectivity index (χ2n) is 5.92. The van der Waals surface area contributed by atoms with Gasteiger partial charge in [0.05, 0.1) is 11.2 Å². The summed E-state index contributed by atoms with van der Waals surface area (Å²) in [4.78, 5) is 16.7. The number of fused-ring (bicyclic) bond motifs is 1. The van der Waals surface area contributed by atoms with E-state index >= 15 is 0 Å². The van der Waals surface area contributed by atoms with E-state index in [1.807, 2.05) is 24.3 Å². The van der Waals surface area contributed by atoms with Crippen LogP contribution in [0.5, 0.6) is 11.5 Å². The molecule has 1 aromatic heterocycles. The molecular weight excluding hydrogens is 343 g/mol. The third-order valence-corrected chi connectivity index (χ3v) is 4.03. The summed E-state index contributed by atoms with van der Waals surface area (Å²) in [6.07, 6.45) is 1.69.